The predicted molar refractivity (Wildman–Crippen MR) is 68.7 cm³/mol. The SMILES string of the molecule is CC1CCN(c2cccc(/C(N)=N/O)n2)C1CO. The van der Waals surface area contributed by atoms with E-state index in [1.165, 1.54) is 0 Å². The van der Waals surface area contributed by atoms with Gasteiger partial charge < -0.3 is 20.9 Å². The van der Waals surface area contributed by atoms with Gasteiger partial charge in [0.2, 0.25) is 0 Å². The molecule has 1 aliphatic rings. The number of oxime groups is 1. The van der Waals surface area contributed by atoms with Crippen LogP contribution in [-0.2, 0) is 0 Å². The van der Waals surface area contributed by atoms with Crippen molar-refractivity contribution in [1.82, 2.24) is 4.98 Å². The molecule has 1 aromatic heterocycles. The molecule has 1 saturated heterocycles. The minimum Gasteiger partial charge on any atom is -0.409 e. The maximum Gasteiger partial charge on any atom is 0.188 e. The summed E-state index contributed by atoms with van der Waals surface area (Å²) in [4.78, 5) is 6.43. The molecular weight excluding hydrogens is 232 g/mol. The van der Waals surface area contributed by atoms with Gasteiger partial charge in [-0.25, -0.2) is 4.98 Å². The molecule has 0 radical (unpaired) electrons. The molecule has 98 valence electrons. The van der Waals surface area contributed by atoms with Crippen molar-refractivity contribution in [3.05, 3.63) is 23.9 Å². The molecule has 0 aromatic carbocycles. The summed E-state index contributed by atoms with van der Waals surface area (Å²) >= 11 is 0. The van der Waals surface area contributed by atoms with E-state index in [0.29, 0.717) is 11.6 Å². The lowest BCUT2D eigenvalue weighted by atomic mass is 10.0. The van der Waals surface area contributed by atoms with Crippen molar-refractivity contribution in [2.45, 2.75) is 19.4 Å². The fourth-order valence-corrected chi connectivity index (χ4v) is 2.35. The van der Waals surface area contributed by atoms with Gasteiger partial charge in [-0.2, -0.15) is 0 Å². The van der Waals surface area contributed by atoms with Crippen LogP contribution in [0.2, 0.25) is 0 Å². The number of aliphatic hydroxyl groups is 1. The summed E-state index contributed by atoms with van der Waals surface area (Å²) in [6.07, 6.45) is 1.03. The average Bonchev–Trinajstić information content (AvgIpc) is 2.79. The van der Waals surface area contributed by atoms with Gasteiger partial charge >= 0.3 is 0 Å². The Kier molecular flexibility index (Phi) is 3.66. The number of aromatic nitrogens is 1. The van der Waals surface area contributed by atoms with Crippen LogP contribution in [0.4, 0.5) is 5.82 Å². The van der Waals surface area contributed by atoms with E-state index in [0.717, 1.165) is 18.8 Å². The number of amidine groups is 1. The molecule has 2 atom stereocenters. The van der Waals surface area contributed by atoms with Crippen LogP contribution in [0, 0.1) is 5.92 Å². The van der Waals surface area contributed by atoms with Gasteiger partial charge in [-0.3, -0.25) is 0 Å². The number of hydrogen-bond acceptors (Lipinski definition) is 5. The smallest absolute Gasteiger partial charge is 0.188 e. The lowest BCUT2D eigenvalue weighted by Gasteiger charge is -2.26. The number of hydrogen-bond donors (Lipinski definition) is 3. The van der Waals surface area contributed by atoms with Crippen molar-refractivity contribution < 1.29 is 10.3 Å². The molecular formula is C12H18N4O2. The van der Waals surface area contributed by atoms with Crippen LogP contribution >= 0.6 is 0 Å². The summed E-state index contributed by atoms with van der Waals surface area (Å²) < 4.78 is 0. The highest BCUT2D eigenvalue weighted by Crippen LogP contribution is 2.28. The first-order valence-electron chi connectivity index (χ1n) is 5.99. The Labute approximate surface area is 106 Å². The molecule has 0 bridgehead atoms. The van der Waals surface area contributed by atoms with Gasteiger partial charge in [0, 0.05) is 6.54 Å². The van der Waals surface area contributed by atoms with Crippen molar-refractivity contribution in [3.8, 4) is 0 Å². The zero-order chi connectivity index (χ0) is 13.1. The van der Waals surface area contributed by atoms with Gasteiger partial charge in [0.25, 0.3) is 0 Å². The zero-order valence-corrected chi connectivity index (χ0v) is 10.3. The second-order valence-corrected chi connectivity index (χ2v) is 4.58. The highest BCUT2D eigenvalue weighted by molar-refractivity contribution is 5.95. The van der Waals surface area contributed by atoms with Crippen molar-refractivity contribution in [3.63, 3.8) is 0 Å². The van der Waals surface area contributed by atoms with Crippen LogP contribution < -0.4 is 10.6 Å². The highest BCUT2D eigenvalue weighted by atomic mass is 16.4. The molecule has 2 rings (SSSR count). The van der Waals surface area contributed by atoms with Crippen molar-refractivity contribution in [1.29, 1.82) is 0 Å². The molecule has 0 amide bonds. The van der Waals surface area contributed by atoms with E-state index in [4.69, 9.17) is 10.9 Å². The third-order valence-electron chi connectivity index (χ3n) is 3.47. The normalized spacial score (nSPS) is 24.6. The largest absolute Gasteiger partial charge is 0.409 e. The molecule has 4 N–H and O–H groups in total. The first-order valence-corrected chi connectivity index (χ1v) is 5.99. The first kappa shape index (κ1) is 12.6. The van der Waals surface area contributed by atoms with E-state index in [-0.39, 0.29) is 18.5 Å². The van der Waals surface area contributed by atoms with Gasteiger partial charge in [0.1, 0.15) is 11.5 Å². The summed E-state index contributed by atoms with van der Waals surface area (Å²) in [5, 5.41) is 21.0. The Morgan fingerprint density at radius 3 is 3.06 bits per heavy atom. The number of pyridine rings is 1. The molecule has 18 heavy (non-hydrogen) atoms. The van der Waals surface area contributed by atoms with E-state index < -0.39 is 0 Å². The molecule has 6 nitrogen and oxygen atoms in total. The maximum atomic E-state index is 9.43. The fourth-order valence-electron chi connectivity index (χ4n) is 2.35. The molecule has 6 heteroatoms. The van der Waals surface area contributed by atoms with Crippen LogP contribution in [0.1, 0.15) is 19.0 Å². The maximum absolute atomic E-state index is 9.43. The third-order valence-corrected chi connectivity index (χ3v) is 3.47. The zero-order valence-electron chi connectivity index (χ0n) is 10.3. The Balaban J connectivity index is 2.28. The van der Waals surface area contributed by atoms with Gasteiger partial charge in [0.15, 0.2) is 5.84 Å². The molecule has 1 aliphatic heterocycles. The standard InChI is InChI=1S/C12H18N4O2/c1-8-5-6-16(10(8)7-17)11-4-2-3-9(14-11)12(13)15-18/h2-4,8,10,17-18H,5-7H2,1H3,(H2,13,15). The molecule has 2 heterocycles. The number of anilines is 1. The van der Waals surface area contributed by atoms with Gasteiger partial charge in [-0.15, -0.1) is 0 Å². The summed E-state index contributed by atoms with van der Waals surface area (Å²) in [5.41, 5.74) is 5.96. The monoisotopic (exact) mass is 250 g/mol. The molecule has 1 aromatic rings. The second kappa shape index (κ2) is 5.22. The van der Waals surface area contributed by atoms with E-state index in [9.17, 15) is 5.11 Å². The predicted octanol–water partition coefficient (Wildman–Crippen LogP) is 0.383. The van der Waals surface area contributed by atoms with E-state index >= 15 is 0 Å². The third kappa shape index (κ3) is 2.24. The number of nitrogens with two attached hydrogens (primary N) is 1. The first-order chi connectivity index (χ1) is 8.67. The van der Waals surface area contributed by atoms with E-state index in [1.54, 1.807) is 6.07 Å². The minimum absolute atomic E-state index is 0.00959. The highest BCUT2D eigenvalue weighted by Gasteiger charge is 2.31. The Bertz CT molecular complexity index is 449. The Hall–Kier alpha value is -1.82. The lowest BCUT2D eigenvalue weighted by Crippen LogP contribution is -2.36. The van der Waals surface area contributed by atoms with Crippen LogP contribution in [0.5, 0.6) is 0 Å². The Morgan fingerprint density at radius 1 is 1.61 bits per heavy atom. The van der Waals surface area contributed by atoms with Crippen LogP contribution in [0.15, 0.2) is 23.4 Å². The van der Waals surface area contributed by atoms with Gasteiger partial charge in [-0.1, -0.05) is 18.1 Å². The van der Waals surface area contributed by atoms with Crippen molar-refractivity contribution in [2.24, 2.45) is 16.8 Å². The number of rotatable bonds is 3. The number of aliphatic hydroxyl groups excluding tert-OH is 1. The minimum atomic E-state index is -0.00959. The molecule has 0 saturated carbocycles. The average molecular weight is 250 g/mol. The second-order valence-electron chi connectivity index (χ2n) is 4.58. The number of nitrogens with zero attached hydrogens (tertiary/aromatic N) is 3. The lowest BCUT2D eigenvalue weighted by molar-refractivity contribution is 0.244. The van der Waals surface area contributed by atoms with E-state index in [2.05, 4.69) is 22.0 Å². The van der Waals surface area contributed by atoms with Gasteiger partial charge in [0.05, 0.1) is 12.6 Å². The fraction of sp³-hybridized carbons (Fsp3) is 0.500. The quantitative estimate of drug-likeness (QED) is 0.312. The molecule has 0 aliphatic carbocycles. The van der Waals surface area contributed by atoms with Crippen LogP contribution in [0.3, 0.4) is 0 Å². The summed E-state index contributed by atoms with van der Waals surface area (Å²) in [5.74, 6) is 1.18. The van der Waals surface area contributed by atoms with Gasteiger partial charge in [-0.05, 0) is 24.5 Å². The van der Waals surface area contributed by atoms with Crippen molar-refractivity contribution in [2.75, 3.05) is 18.1 Å². The topological polar surface area (TPSA) is 95.0 Å². The summed E-state index contributed by atoms with van der Waals surface area (Å²) in [6, 6.07) is 5.45. The molecule has 1 fully saturated rings. The van der Waals surface area contributed by atoms with Crippen LogP contribution in [0.25, 0.3) is 0 Å². The van der Waals surface area contributed by atoms with Crippen LogP contribution in [-0.4, -0.2) is 40.3 Å². The molecule has 2 unspecified atom stereocenters. The molecule has 0 spiro atoms. The van der Waals surface area contributed by atoms with E-state index in [1.807, 2.05) is 12.1 Å². The summed E-state index contributed by atoms with van der Waals surface area (Å²) in [6.45, 7) is 3.09. The van der Waals surface area contributed by atoms with Crippen molar-refractivity contribution >= 4 is 11.7 Å². The summed E-state index contributed by atoms with van der Waals surface area (Å²) in [7, 11) is 0. The Morgan fingerprint density at radius 2 is 2.39 bits per heavy atom.